The summed E-state index contributed by atoms with van der Waals surface area (Å²) in [6.45, 7) is 5.86. The van der Waals surface area contributed by atoms with Crippen LogP contribution in [0.25, 0.3) is 0 Å². The van der Waals surface area contributed by atoms with Crippen LogP contribution in [0.5, 0.6) is 17.4 Å². The van der Waals surface area contributed by atoms with Gasteiger partial charge in [-0.05, 0) is 31.2 Å². The van der Waals surface area contributed by atoms with E-state index in [-0.39, 0.29) is 5.92 Å². The lowest BCUT2D eigenvalue weighted by Gasteiger charge is -2.12. The molecule has 0 spiro atoms. The molecule has 1 aromatic heterocycles. The Labute approximate surface area is 123 Å². The van der Waals surface area contributed by atoms with E-state index in [9.17, 15) is 0 Å². The van der Waals surface area contributed by atoms with Gasteiger partial charge in [-0.3, -0.25) is 0 Å². The molecule has 1 heterocycles. The molecule has 0 aliphatic heterocycles. The number of halogens is 1. The van der Waals surface area contributed by atoms with Crippen LogP contribution in [0.15, 0.2) is 24.3 Å². The summed E-state index contributed by atoms with van der Waals surface area (Å²) in [5.41, 5.74) is 0.729. The third-order valence-corrected chi connectivity index (χ3v) is 3.22. The van der Waals surface area contributed by atoms with E-state index in [0.717, 1.165) is 11.3 Å². The molecule has 0 fully saturated rings. The number of hydrogen-bond donors (Lipinski definition) is 0. The topological polar surface area (TPSA) is 44.2 Å². The zero-order valence-electron chi connectivity index (χ0n) is 12.0. The molecule has 0 N–H and O–H groups in total. The van der Waals surface area contributed by atoms with Crippen molar-refractivity contribution < 1.29 is 9.47 Å². The molecule has 0 saturated carbocycles. The first-order chi connectivity index (χ1) is 9.51. The normalized spacial score (nSPS) is 10.7. The molecular weight excluding hydrogens is 276 g/mol. The van der Waals surface area contributed by atoms with Crippen LogP contribution in [0.1, 0.15) is 31.2 Å². The molecule has 0 unspecified atom stereocenters. The maximum Gasteiger partial charge on any atom is 0.226 e. The third kappa shape index (κ3) is 3.20. The molecule has 0 atom stereocenters. The molecular formula is C15H17ClN2O2. The van der Waals surface area contributed by atoms with Gasteiger partial charge in [-0.1, -0.05) is 25.4 Å². The summed E-state index contributed by atoms with van der Waals surface area (Å²) in [4.78, 5) is 8.68. The molecule has 0 aliphatic rings. The van der Waals surface area contributed by atoms with Crippen LogP contribution in [-0.2, 0) is 0 Å². The minimum Gasteiger partial charge on any atom is -0.497 e. The van der Waals surface area contributed by atoms with Crippen molar-refractivity contribution in [2.45, 2.75) is 26.7 Å². The van der Waals surface area contributed by atoms with E-state index in [1.54, 1.807) is 7.11 Å². The van der Waals surface area contributed by atoms with E-state index in [2.05, 4.69) is 9.97 Å². The second-order valence-electron chi connectivity index (χ2n) is 4.74. The number of methoxy groups -OCH3 is 1. The number of hydrogen-bond acceptors (Lipinski definition) is 4. The lowest BCUT2D eigenvalue weighted by atomic mass is 10.2. The van der Waals surface area contributed by atoms with Crippen molar-refractivity contribution in [3.63, 3.8) is 0 Å². The van der Waals surface area contributed by atoms with E-state index in [0.29, 0.717) is 22.6 Å². The van der Waals surface area contributed by atoms with Gasteiger partial charge in [0.25, 0.3) is 0 Å². The van der Waals surface area contributed by atoms with E-state index < -0.39 is 0 Å². The van der Waals surface area contributed by atoms with Gasteiger partial charge in [0, 0.05) is 11.5 Å². The molecule has 0 amide bonds. The van der Waals surface area contributed by atoms with Crippen molar-refractivity contribution >= 4 is 11.6 Å². The summed E-state index contributed by atoms with van der Waals surface area (Å²) < 4.78 is 10.9. The summed E-state index contributed by atoms with van der Waals surface area (Å²) in [6.07, 6.45) is 0. The van der Waals surface area contributed by atoms with Gasteiger partial charge in [-0.15, -0.1) is 0 Å². The number of rotatable bonds is 4. The highest BCUT2D eigenvalue weighted by atomic mass is 35.5. The zero-order chi connectivity index (χ0) is 14.7. The minimum atomic E-state index is 0.186. The summed E-state index contributed by atoms with van der Waals surface area (Å²) in [5.74, 6) is 2.80. The average molecular weight is 293 g/mol. The number of nitrogens with zero attached hydrogens (tertiary/aromatic N) is 2. The van der Waals surface area contributed by atoms with E-state index >= 15 is 0 Å². The Morgan fingerprint density at radius 2 is 1.65 bits per heavy atom. The minimum absolute atomic E-state index is 0.186. The maximum atomic E-state index is 6.13. The van der Waals surface area contributed by atoms with Crippen LogP contribution >= 0.6 is 11.6 Å². The second kappa shape index (κ2) is 6.09. The van der Waals surface area contributed by atoms with Crippen molar-refractivity contribution in [3.05, 3.63) is 40.8 Å². The molecule has 0 bridgehead atoms. The first-order valence-electron chi connectivity index (χ1n) is 6.37. The van der Waals surface area contributed by atoms with Gasteiger partial charge in [-0.2, -0.15) is 4.98 Å². The molecule has 0 saturated heterocycles. The average Bonchev–Trinajstić information content (AvgIpc) is 2.44. The highest BCUT2D eigenvalue weighted by Crippen LogP contribution is 2.29. The molecule has 1 aromatic carbocycles. The number of ether oxygens (including phenoxy) is 2. The fourth-order valence-corrected chi connectivity index (χ4v) is 1.77. The second-order valence-corrected chi connectivity index (χ2v) is 5.09. The Kier molecular flexibility index (Phi) is 4.45. The summed E-state index contributed by atoms with van der Waals surface area (Å²) in [5, 5.41) is 0.423. The summed E-state index contributed by atoms with van der Waals surface area (Å²) in [6, 6.07) is 7.31. The third-order valence-electron chi connectivity index (χ3n) is 2.85. The van der Waals surface area contributed by atoms with E-state index in [4.69, 9.17) is 21.1 Å². The van der Waals surface area contributed by atoms with Crippen molar-refractivity contribution in [2.24, 2.45) is 0 Å². The Morgan fingerprint density at radius 1 is 1.05 bits per heavy atom. The Balaban J connectivity index is 2.31. The van der Waals surface area contributed by atoms with Gasteiger partial charge in [0.05, 0.1) is 7.11 Å². The van der Waals surface area contributed by atoms with Gasteiger partial charge < -0.3 is 9.47 Å². The standard InChI is InChI=1S/C15H17ClN2O2/c1-9(2)14-17-13(16)10(3)15(18-14)20-12-7-5-11(19-4)6-8-12/h5-9H,1-4H3. The maximum absolute atomic E-state index is 6.13. The molecule has 2 rings (SSSR count). The molecule has 2 aromatic rings. The summed E-state index contributed by atoms with van der Waals surface area (Å²) in [7, 11) is 1.62. The van der Waals surface area contributed by atoms with Gasteiger partial charge in [0.15, 0.2) is 0 Å². The lowest BCUT2D eigenvalue weighted by molar-refractivity contribution is 0.411. The van der Waals surface area contributed by atoms with Crippen LogP contribution in [0.3, 0.4) is 0 Å². The van der Waals surface area contributed by atoms with Crippen molar-refractivity contribution in [1.82, 2.24) is 9.97 Å². The van der Waals surface area contributed by atoms with Gasteiger partial charge >= 0.3 is 0 Å². The van der Waals surface area contributed by atoms with Gasteiger partial charge in [0.2, 0.25) is 5.88 Å². The molecule has 5 heteroatoms. The largest absolute Gasteiger partial charge is 0.497 e. The Morgan fingerprint density at radius 3 is 2.20 bits per heavy atom. The highest BCUT2D eigenvalue weighted by Gasteiger charge is 2.13. The molecule has 106 valence electrons. The Bertz CT molecular complexity index is 598. The Hall–Kier alpha value is -1.81. The molecule has 4 nitrogen and oxygen atoms in total. The van der Waals surface area contributed by atoms with Gasteiger partial charge in [0.1, 0.15) is 22.5 Å². The van der Waals surface area contributed by atoms with Gasteiger partial charge in [-0.25, -0.2) is 4.98 Å². The predicted molar refractivity (Wildman–Crippen MR) is 78.9 cm³/mol. The summed E-state index contributed by atoms with van der Waals surface area (Å²) >= 11 is 6.13. The SMILES string of the molecule is COc1ccc(Oc2nc(C(C)C)nc(Cl)c2C)cc1. The fourth-order valence-electron chi connectivity index (χ4n) is 1.60. The molecule has 0 aliphatic carbocycles. The van der Waals surface area contributed by atoms with Crippen LogP contribution in [-0.4, -0.2) is 17.1 Å². The fraction of sp³-hybridized carbons (Fsp3) is 0.333. The van der Waals surface area contributed by atoms with Crippen LogP contribution in [0.4, 0.5) is 0 Å². The van der Waals surface area contributed by atoms with Crippen molar-refractivity contribution in [2.75, 3.05) is 7.11 Å². The first-order valence-corrected chi connectivity index (χ1v) is 6.75. The quantitative estimate of drug-likeness (QED) is 0.785. The van der Waals surface area contributed by atoms with E-state index in [1.807, 2.05) is 45.0 Å². The smallest absolute Gasteiger partial charge is 0.226 e. The zero-order valence-corrected chi connectivity index (χ0v) is 12.7. The first kappa shape index (κ1) is 14.6. The number of benzene rings is 1. The van der Waals surface area contributed by atoms with E-state index in [1.165, 1.54) is 0 Å². The molecule has 20 heavy (non-hydrogen) atoms. The van der Waals surface area contributed by atoms with Crippen LogP contribution < -0.4 is 9.47 Å². The van der Waals surface area contributed by atoms with Crippen LogP contribution in [0, 0.1) is 6.92 Å². The van der Waals surface area contributed by atoms with Crippen molar-refractivity contribution in [3.8, 4) is 17.4 Å². The lowest BCUT2D eigenvalue weighted by Crippen LogP contribution is -2.02. The predicted octanol–water partition coefficient (Wildman–Crippen LogP) is 4.36. The molecule has 0 radical (unpaired) electrons. The number of aromatic nitrogens is 2. The van der Waals surface area contributed by atoms with Crippen molar-refractivity contribution in [1.29, 1.82) is 0 Å². The monoisotopic (exact) mass is 292 g/mol. The highest BCUT2D eigenvalue weighted by molar-refractivity contribution is 6.30. The van der Waals surface area contributed by atoms with Crippen LogP contribution in [0.2, 0.25) is 5.15 Å².